The normalized spacial score (nSPS) is 13.4. The maximum Gasteiger partial charge on any atom is 0.110 e. The molecule has 0 bridgehead atoms. The minimum absolute atomic E-state index is 0.194. The number of hydrogen-bond acceptors (Lipinski definition) is 2. The van der Waals surface area contributed by atoms with Gasteiger partial charge in [-0.25, -0.2) is 4.89 Å². The van der Waals surface area contributed by atoms with Gasteiger partial charge in [-0.15, -0.1) is 6.58 Å². The standard InChI is InChI=1S/C5H10O2/c1-3-5(4-2)7-6/h3,5-6H,1,4H2,2H3. The SMILES string of the molecule is C=CC(CC)OO. The molecule has 1 N–H and O–H groups in total. The molecule has 7 heavy (non-hydrogen) atoms. The average Bonchev–Trinajstić information content (AvgIpc) is 1.72. The Kier molecular flexibility index (Phi) is 3.65. The van der Waals surface area contributed by atoms with Crippen molar-refractivity contribution in [1.82, 2.24) is 0 Å². The van der Waals surface area contributed by atoms with Gasteiger partial charge in [-0.05, 0) is 6.42 Å². The molecule has 0 radical (unpaired) electrons. The van der Waals surface area contributed by atoms with Crippen molar-refractivity contribution >= 4 is 0 Å². The lowest BCUT2D eigenvalue weighted by Gasteiger charge is -2.00. The zero-order chi connectivity index (χ0) is 5.70. The van der Waals surface area contributed by atoms with Crippen LogP contribution < -0.4 is 0 Å². The Hall–Kier alpha value is -0.340. The summed E-state index contributed by atoms with van der Waals surface area (Å²) in [6.07, 6.45) is 2.12. The molecule has 2 nitrogen and oxygen atoms in total. The largest absolute Gasteiger partial charge is 0.251 e. The maximum absolute atomic E-state index is 7.95. The van der Waals surface area contributed by atoms with E-state index in [2.05, 4.69) is 11.5 Å². The molecule has 1 atom stereocenters. The summed E-state index contributed by atoms with van der Waals surface area (Å²) < 4.78 is 0. The molecule has 0 aliphatic carbocycles. The van der Waals surface area contributed by atoms with Crippen molar-refractivity contribution in [2.45, 2.75) is 19.4 Å². The molecule has 0 heterocycles. The van der Waals surface area contributed by atoms with Gasteiger partial charge in [0.25, 0.3) is 0 Å². The van der Waals surface area contributed by atoms with Gasteiger partial charge in [0, 0.05) is 0 Å². The van der Waals surface area contributed by atoms with Gasteiger partial charge in [0.05, 0.1) is 0 Å². The summed E-state index contributed by atoms with van der Waals surface area (Å²) in [5.41, 5.74) is 0. The van der Waals surface area contributed by atoms with Crippen molar-refractivity contribution in [1.29, 1.82) is 0 Å². The molecule has 0 aromatic carbocycles. The first-order chi connectivity index (χ1) is 3.35. The zero-order valence-corrected chi connectivity index (χ0v) is 4.42. The molecular formula is C5H10O2. The highest BCUT2D eigenvalue weighted by molar-refractivity contribution is 4.76. The Morgan fingerprint density at radius 3 is 2.57 bits per heavy atom. The first kappa shape index (κ1) is 6.66. The van der Waals surface area contributed by atoms with Gasteiger partial charge in [0.15, 0.2) is 0 Å². The van der Waals surface area contributed by atoms with Crippen LogP contribution in [0.2, 0.25) is 0 Å². The van der Waals surface area contributed by atoms with Gasteiger partial charge in [0.1, 0.15) is 6.10 Å². The van der Waals surface area contributed by atoms with E-state index in [0.717, 1.165) is 6.42 Å². The van der Waals surface area contributed by atoms with Gasteiger partial charge in [0.2, 0.25) is 0 Å². The van der Waals surface area contributed by atoms with Gasteiger partial charge in [-0.2, -0.15) is 0 Å². The summed E-state index contributed by atoms with van der Waals surface area (Å²) in [5.74, 6) is 0. The molecular weight excluding hydrogens is 92.1 g/mol. The summed E-state index contributed by atoms with van der Waals surface area (Å²) in [5, 5.41) is 7.95. The van der Waals surface area contributed by atoms with E-state index in [1.165, 1.54) is 0 Å². The fourth-order valence-electron chi connectivity index (χ4n) is 0.284. The van der Waals surface area contributed by atoms with E-state index < -0.39 is 0 Å². The van der Waals surface area contributed by atoms with E-state index in [0.29, 0.717) is 0 Å². The van der Waals surface area contributed by atoms with E-state index in [9.17, 15) is 0 Å². The second kappa shape index (κ2) is 3.84. The highest BCUT2D eigenvalue weighted by Crippen LogP contribution is 1.93. The molecule has 1 unspecified atom stereocenters. The average molecular weight is 102 g/mol. The summed E-state index contributed by atoms with van der Waals surface area (Å²) in [6, 6.07) is 0. The molecule has 0 rings (SSSR count). The Morgan fingerprint density at radius 1 is 2.00 bits per heavy atom. The van der Waals surface area contributed by atoms with Gasteiger partial charge in [-0.1, -0.05) is 13.0 Å². The molecule has 0 aliphatic rings. The second-order valence-electron chi connectivity index (χ2n) is 1.29. The molecule has 2 heteroatoms. The highest BCUT2D eigenvalue weighted by Gasteiger charge is 1.95. The zero-order valence-electron chi connectivity index (χ0n) is 4.42. The summed E-state index contributed by atoms with van der Waals surface area (Å²) in [6.45, 7) is 5.32. The molecule has 0 aromatic heterocycles. The predicted octanol–water partition coefficient (Wildman–Crippen LogP) is 1.44. The third-order valence-corrected chi connectivity index (χ3v) is 0.801. The molecule has 0 amide bonds. The first-order valence-electron chi connectivity index (χ1n) is 2.28. The van der Waals surface area contributed by atoms with Gasteiger partial charge in [-0.3, -0.25) is 5.26 Å². The van der Waals surface area contributed by atoms with Crippen LogP contribution in [-0.4, -0.2) is 11.4 Å². The molecule has 0 aromatic rings. The Morgan fingerprint density at radius 2 is 2.57 bits per heavy atom. The quantitative estimate of drug-likeness (QED) is 0.332. The minimum Gasteiger partial charge on any atom is -0.251 e. The third-order valence-electron chi connectivity index (χ3n) is 0.801. The van der Waals surface area contributed by atoms with E-state index in [4.69, 9.17) is 5.26 Å². The molecule has 0 saturated heterocycles. The van der Waals surface area contributed by atoms with E-state index in [1.807, 2.05) is 6.92 Å². The van der Waals surface area contributed by atoms with E-state index >= 15 is 0 Å². The van der Waals surface area contributed by atoms with Crippen molar-refractivity contribution in [2.24, 2.45) is 0 Å². The van der Waals surface area contributed by atoms with Crippen molar-refractivity contribution in [3.63, 3.8) is 0 Å². The third kappa shape index (κ3) is 2.37. The first-order valence-corrected chi connectivity index (χ1v) is 2.28. The fraction of sp³-hybridized carbons (Fsp3) is 0.600. The van der Waals surface area contributed by atoms with Crippen LogP contribution in [0, 0.1) is 0 Å². The van der Waals surface area contributed by atoms with Gasteiger partial charge >= 0.3 is 0 Å². The fourth-order valence-corrected chi connectivity index (χ4v) is 0.284. The molecule has 0 saturated carbocycles. The topological polar surface area (TPSA) is 29.5 Å². The monoisotopic (exact) mass is 102 g/mol. The van der Waals surface area contributed by atoms with Crippen molar-refractivity contribution in [2.75, 3.05) is 0 Å². The highest BCUT2D eigenvalue weighted by atomic mass is 17.1. The van der Waals surface area contributed by atoms with Crippen LogP contribution in [0.1, 0.15) is 13.3 Å². The Bertz CT molecular complexity index is 48.0. The lowest BCUT2D eigenvalue weighted by molar-refractivity contribution is -0.266. The molecule has 0 spiro atoms. The predicted molar refractivity (Wildman–Crippen MR) is 28.0 cm³/mol. The Labute approximate surface area is 43.3 Å². The molecule has 42 valence electrons. The van der Waals surface area contributed by atoms with Crippen LogP contribution in [0.15, 0.2) is 12.7 Å². The summed E-state index contributed by atoms with van der Waals surface area (Å²) in [7, 11) is 0. The van der Waals surface area contributed by atoms with E-state index in [1.54, 1.807) is 6.08 Å². The molecule has 0 aliphatic heterocycles. The van der Waals surface area contributed by atoms with Gasteiger partial charge < -0.3 is 0 Å². The van der Waals surface area contributed by atoms with Crippen LogP contribution in [0.4, 0.5) is 0 Å². The van der Waals surface area contributed by atoms with Crippen molar-refractivity contribution in [3.05, 3.63) is 12.7 Å². The van der Waals surface area contributed by atoms with Crippen molar-refractivity contribution < 1.29 is 10.1 Å². The lowest BCUT2D eigenvalue weighted by atomic mass is 10.3. The van der Waals surface area contributed by atoms with Crippen LogP contribution >= 0.6 is 0 Å². The summed E-state index contributed by atoms with van der Waals surface area (Å²) >= 11 is 0. The summed E-state index contributed by atoms with van der Waals surface area (Å²) in [4.78, 5) is 3.93. The minimum atomic E-state index is -0.194. The number of rotatable bonds is 3. The van der Waals surface area contributed by atoms with Crippen LogP contribution in [0.5, 0.6) is 0 Å². The van der Waals surface area contributed by atoms with Crippen LogP contribution in [0.3, 0.4) is 0 Å². The van der Waals surface area contributed by atoms with E-state index in [-0.39, 0.29) is 6.10 Å². The second-order valence-corrected chi connectivity index (χ2v) is 1.29. The Balaban J connectivity index is 3.16. The molecule has 0 fully saturated rings. The maximum atomic E-state index is 7.95. The van der Waals surface area contributed by atoms with Crippen LogP contribution in [-0.2, 0) is 4.89 Å². The number of hydrogen-bond donors (Lipinski definition) is 1. The van der Waals surface area contributed by atoms with Crippen LogP contribution in [0.25, 0.3) is 0 Å². The van der Waals surface area contributed by atoms with Crippen molar-refractivity contribution in [3.8, 4) is 0 Å². The smallest absolute Gasteiger partial charge is 0.110 e. The lowest BCUT2D eigenvalue weighted by Crippen LogP contribution is -2.03.